The first kappa shape index (κ1) is 26.2. The van der Waals surface area contributed by atoms with Crippen LogP contribution in [0.3, 0.4) is 0 Å². The summed E-state index contributed by atoms with van der Waals surface area (Å²) in [4.78, 5) is 0. The molecule has 1 atom stereocenters. The summed E-state index contributed by atoms with van der Waals surface area (Å²) in [5.74, 6) is 1.01. The Morgan fingerprint density at radius 1 is 0.500 bits per heavy atom. The van der Waals surface area contributed by atoms with E-state index in [0.29, 0.717) is 0 Å². The molecule has 0 amide bonds. The van der Waals surface area contributed by atoms with Crippen LogP contribution in [0.5, 0.6) is 0 Å². The van der Waals surface area contributed by atoms with E-state index < -0.39 is 0 Å². The predicted octanol–water partition coefficient (Wildman–Crippen LogP) is 7.02. The topological polar surface area (TPSA) is 0 Å². The molecule has 0 N–H and O–H groups in total. The van der Waals surface area contributed by atoms with Crippen molar-refractivity contribution in [2.45, 2.75) is 130 Å². The summed E-state index contributed by atoms with van der Waals surface area (Å²) in [6.45, 7) is 13.8. The molecule has 0 heterocycles. The number of hydrogen-bond acceptors (Lipinski definition) is 0. The first-order valence-electron chi connectivity index (χ1n) is 12.4. The minimum absolute atomic E-state index is 1.01. The van der Waals surface area contributed by atoms with Crippen LogP contribution in [0.1, 0.15) is 130 Å². The molecule has 0 aliphatic rings. The molecule has 0 saturated heterocycles. The quantitative estimate of drug-likeness (QED) is 0.156. The third-order valence-corrected chi connectivity index (χ3v) is 7.68. The van der Waals surface area contributed by atoms with Crippen LogP contribution in [0.2, 0.25) is 0 Å². The Labute approximate surface area is 170 Å². The number of quaternary nitrogens is 1. The van der Waals surface area contributed by atoms with Gasteiger partial charge in [-0.3, -0.25) is 0 Å². The van der Waals surface area contributed by atoms with Crippen molar-refractivity contribution in [3.8, 4) is 0 Å². The van der Waals surface area contributed by atoms with Gasteiger partial charge in [-0.15, -0.1) is 0 Å². The fraction of sp³-hybridized carbons (Fsp3) is 1.00. The Morgan fingerprint density at radius 3 is 1.46 bits per heavy atom. The fourth-order valence-corrected chi connectivity index (χ4v) is 5.25. The Morgan fingerprint density at radius 2 is 1.00 bits per heavy atom. The van der Waals surface area contributed by atoms with E-state index in [1.54, 1.807) is 0 Å². The SMILES string of the molecule is CCCCCCC[N+]([SiH3])(CCCCCCC)CCC(CCC)CCCC. The molecule has 0 aromatic heterocycles. The number of rotatable bonds is 20. The largest absolute Gasteiger partial charge is 0.390 e. The van der Waals surface area contributed by atoms with E-state index in [-0.39, 0.29) is 0 Å². The van der Waals surface area contributed by atoms with Crippen LogP contribution < -0.4 is 0 Å². The van der Waals surface area contributed by atoms with Gasteiger partial charge in [0.05, 0.1) is 19.6 Å². The second-order valence-electron chi connectivity index (χ2n) is 9.20. The molecule has 2 heteroatoms. The predicted molar refractivity (Wildman–Crippen MR) is 125 cm³/mol. The van der Waals surface area contributed by atoms with Gasteiger partial charge in [-0.25, -0.2) is 0 Å². The lowest BCUT2D eigenvalue weighted by Crippen LogP contribution is -2.48. The zero-order valence-electron chi connectivity index (χ0n) is 19.5. The van der Waals surface area contributed by atoms with Gasteiger partial charge in [-0.1, -0.05) is 98.3 Å². The van der Waals surface area contributed by atoms with Gasteiger partial charge >= 0.3 is 0 Å². The van der Waals surface area contributed by atoms with Gasteiger partial charge in [0.25, 0.3) is 0 Å². The average molecular weight is 385 g/mol. The standard InChI is InChI=1S/C24H54NSi/c1-5-9-12-14-16-21-25(26,22-17-15-13-10-6-2)23-20-24(18-8-4)19-11-7-3/h24H,5-23H2,1-4,26H3/q+1. The van der Waals surface area contributed by atoms with E-state index in [1.807, 2.05) is 0 Å². The highest BCUT2D eigenvalue weighted by atomic mass is 28.2. The minimum Gasteiger partial charge on any atom is -0.390 e. The summed E-state index contributed by atoms with van der Waals surface area (Å²) in [5, 5.41) is 0. The highest BCUT2D eigenvalue weighted by molar-refractivity contribution is 5.97. The van der Waals surface area contributed by atoms with Gasteiger partial charge in [0.2, 0.25) is 10.4 Å². The van der Waals surface area contributed by atoms with Crippen molar-refractivity contribution < 1.29 is 4.15 Å². The molecule has 26 heavy (non-hydrogen) atoms. The van der Waals surface area contributed by atoms with Crippen LogP contribution in [0.25, 0.3) is 0 Å². The lowest BCUT2D eigenvalue weighted by atomic mass is 9.93. The van der Waals surface area contributed by atoms with Crippen LogP contribution in [0.4, 0.5) is 0 Å². The lowest BCUT2D eigenvalue weighted by molar-refractivity contribution is -0.818. The highest BCUT2D eigenvalue weighted by Gasteiger charge is 2.21. The molecule has 0 fully saturated rings. The molecule has 0 bridgehead atoms. The number of unbranched alkanes of at least 4 members (excludes halogenated alkanes) is 9. The van der Waals surface area contributed by atoms with Crippen molar-refractivity contribution in [2.75, 3.05) is 19.6 Å². The molecular formula is C24H54NSi+. The first-order chi connectivity index (χ1) is 12.6. The van der Waals surface area contributed by atoms with Gasteiger partial charge in [0, 0.05) is 0 Å². The van der Waals surface area contributed by atoms with Crippen molar-refractivity contribution >= 4 is 10.4 Å². The third-order valence-electron chi connectivity index (χ3n) is 6.34. The Balaban J connectivity index is 4.41. The summed E-state index contributed by atoms with van der Waals surface area (Å²) < 4.78 is 1.49. The van der Waals surface area contributed by atoms with Gasteiger partial charge in [-0.2, -0.15) is 0 Å². The minimum atomic E-state index is 1.01. The van der Waals surface area contributed by atoms with Crippen molar-refractivity contribution in [1.82, 2.24) is 0 Å². The molecule has 0 aromatic rings. The average Bonchev–Trinajstić information content (AvgIpc) is 2.64. The molecule has 0 aromatic carbocycles. The van der Waals surface area contributed by atoms with E-state index in [4.69, 9.17) is 0 Å². The van der Waals surface area contributed by atoms with Crippen LogP contribution in [0.15, 0.2) is 0 Å². The van der Waals surface area contributed by atoms with Crippen LogP contribution in [-0.2, 0) is 0 Å². The maximum absolute atomic E-state index is 2.38. The molecule has 1 nitrogen and oxygen atoms in total. The molecule has 158 valence electrons. The van der Waals surface area contributed by atoms with E-state index in [0.717, 1.165) is 5.92 Å². The van der Waals surface area contributed by atoms with E-state index in [2.05, 4.69) is 27.7 Å². The Kier molecular flexibility index (Phi) is 18.7. The summed E-state index contributed by atoms with van der Waals surface area (Å²) in [6.07, 6.45) is 23.1. The van der Waals surface area contributed by atoms with E-state index in [9.17, 15) is 0 Å². The fourth-order valence-electron chi connectivity index (χ4n) is 4.36. The van der Waals surface area contributed by atoms with Crippen LogP contribution in [-0.4, -0.2) is 34.2 Å². The summed E-state index contributed by atoms with van der Waals surface area (Å²) in [6, 6.07) is 0. The van der Waals surface area contributed by atoms with Gasteiger partial charge in [-0.05, 0) is 38.0 Å². The van der Waals surface area contributed by atoms with Gasteiger partial charge in [0.15, 0.2) is 0 Å². The van der Waals surface area contributed by atoms with Crippen molar-refractivity contribution in [3.05, 3.63) is 0 Å². The highest BCUT2D eigenvalue weighted by Crippen LogP contribution is 2.22. The van der Waals surface area contributed by atoms with Crippen molar-refractivity contribution in [3.63, 3.8) is 0 Å². The third kappa shape index (κ3) is 15.3. The van der Waals surface area contributed by atoms with Crippen LogP contribution in [0, 0.1) is 5.92 Å². The Hall–Kier alpha value is 0.177. The number of hydrogen-bond donors (Lipinski definition) is 0. The van der Waals surface area contributed by atoms with Gasteiger partial charge in [0.1, 0.15) is 0 Å². The van der Waals surface area contributed by atoms with Crippen molar-refractivity contribution in [2.24, 2.45) is 5.92 Å². The Bertz CT molecular complexity index is 265. The molecule has 0 saturated carbocycles. The smallest absolute Gasteiger partial charge is 0.239 e. The molecule has 0 rings (SSSR count). The zero-order chi connectivity index (χ0) is 19.5. The second kappa shape index (κ2) is 18.5. The molecule has 0 spiro atoms. The van der Waals surface area contributed by atoms with Crippen LogP contribution >= 0.6 is 0 Å². The summed E-state index contributed by atoms with van der Waals surface area (Å²) in [7, 11) is 1.36. The first-order valence-corrected chi connectivity index (χ1v) is 13.3. The van der Waals surface area contributed by atoms with Gasteiger partial charge < -0.3 is 4.15 Å². The normalized spacial score (nSPS) is 13.4. The number of nitrogens with zero attached hydrogens (tertiary/aromatic N) is 1. The maximum Gasteiger partial charge on any atom is 0.239 e. The van der Waals surface area contributed by atoms with Crippen molar-refractivity contribution in [1.29, 1.82) is 0 Å². The van der Waals surface area contributed by atoms with E-state index in [1.165, 1.54) is 137 Å². The molecular weight excluding hydrogens is 330 g/mol. The molecule has 1 unspecified atom stereocenters. The molecule has 0 radical (unpaired) electrons. The lowest BCUT2D eigenvalue weighted by Gasteiger charge is -2.38. The molecule has 0 aliphatic carbocycles. The maximum atomic E-state index is 2.38. The second-order valence-corrected chi connectivity index (χ2v) is 11.1. The summed E-state index contributed by atoms with van der Waals surface area (Å²) in [5.41, 5.74) is 0. The zero-order valence-corrected chi connectivity index (χ0v) is 21.5. The summed E-state index contributed by atoms with van der Waals surface area (Å²) >= 11 is 0. The molecule has 0 aliphatic heterocycles. The monoisotopic (exact) mass is 384 g/mol. The van der Waals surface area contributed by atoms with E-state index >= 15 is 0 Å².